The molecule has 210 valence electrons. The number of carbonyl (C=O) groups excluding carboxylic acids is 3. The van der Waals surface area contributed by atoms with Crippen molar-refractivity contribution >= 4 is 46.5 Å². The summed E-state index contributed by atoms with van der Waals surface area (Å²) in [5.74, 6) is -1.00. The highest BCUT2D eigenvalue weighted by Gasteiger charge is 2.70. The first-order valence-corrected chi connectivity index (χ1v) is 14.7. The average molecular weight is 567 g/mol. The molecule has 1 saturated heterocycles. The predicted molar refractivity (Wildman–Crippen MR) is 165 cm³/mol. The molecule has 0 bridgehead atoms. The minimum absolute atomic E-state index is 0.0810. The summed E-state index contributed by atoms with van der Waals surface area (Å²) in [7, 11) is 0. The molecule has 0 saturated carbocycles. The number of carbonyl (C=O) groups is 3. The van der Waals surface area contributed by atoms with Crippen LogP contribution in [-0.4, -0.2) is 29.6 Å². The minimum atomic E-state index is -1.30. The molecule has 3 aromatic rings. The molecule has 6 heteroatoms. The van der Waals surface area contributed by atoms with Gasteiger partial charge in [-0.05, 0) is 53.3 Å². The summed E-state index contributed by atoms with van der Waals surface area (Å²) in [6.45, 7) is 9.96. The lowest BCUT2D eigenvalue weighted by Gasteiger charge is -2.38. The van der Waals surface area contributed by atoms with Crippen LogP contribution < -0.4 is 10.2 Å². The van der Waals surface area contributed by atoms with Crippen LogP contribution in [0.25, 0.3) is 6.08 Å². The second-order valence-corrected chi connectivity index (χ2v) is 13.4. The third-order valence-corrected chi connectivity index (χ3v) is 9.00. The molecule has 0 radical (unpaired) electrons. The average Bonchev–Trinajstić information content (AvgIpc) is 3.39. The first-order chi connectivity index (χ1) is 19.4. The maximum Gasteiger partial charge on any atom is 0.238 e. The van der Waals surface area contributed by atoms with E-state index in [1.807, 2.05) is 98.5 Å². The van der Waals surface area contributed by atoms with Crippen molar-refractivity contribution in [3.8, 4) is 0 Å². The van der Waals surface area contributed by atoms with Crippen LogP contribution in [0.2, 0.25) is 5.02 Å². The van der Waals surface area contributed by atoms with E-state index < -0.39 is 28.8 Å². The molecule has 1 N–H and O–H groups in total. The van der Waals surface area contributed by atoms with Crippen LogP contribution in [-0.2, 0) is 21.4 Å². The van der Waals surface area contributed by atoms with E-state index in [1.54, 1.807) is 6.07 Å². The van der Waals surface area contributed by atoms with Crippen molar-refractivity contribution in [1.29, 1.82) is 0 Å². The second kappa shape index (κ2) is 9.70. The first kappa shape index (κ1) is 27.5. The van der Waals surface area contributed by atoms with E-state index >= 15 is 0 Å². The fourth-order valence-electron chi connectivity index (χ4n) is 7.05. The quantitative estimate of drug-likeness (QED) is 0.334. The molecule has 1 fully saturated rings. The SMILES string of the molecule is CC(C)Cc1ccc(C(=O)[C@@H]2[C@H](C(=O)C(C)(C)C)N3c4ccc(Cl)cc4C=C[C@@H]3[C@@]23C(=O)Nc2ccccc23)cc1. The Morgan fingerprint density at radius 2 is 1.73 bits per heavy atom. The van der Waals surface area contributed by atoms with E-state index in [1.165, 1.54) is 0 Å². The van der Waals surface area contributed by atoms with Crippen molar-refractivity contribution in [3.63, 3.8) is 0 Å². The monoisotopic (exact) mass is 566 g/mol. The van der Waals surface area contributed by atoms with Crippen LogP contribution in [0.4, 0.5) is 11.4 Å². The normalized spacial score (nSPS) is 24.3. The molecule has 3 aliphatic rings. The number of fused-ring (bicyclic) bond motifs is 6. The molecule has 0 aromatic heterocycles. The van der Waals surface area contributed by atoms with Gasteiger partial charge in [-0.15, -0.1) is 0 Å². The number of para-hydroxylation sites is 1. The number of nitrogens with zero attached hydrogens (tertiary/aromatic N) is 1. The third kappa shape index (κ3) is 4.16. The molecule has 1 amide bonds. The van der Waals surface area contributed by atoms with E-state index in [4.69, 9.17) is 11.6 Å². The molecule has 1 spiro atoms. The Hall–Kier alpha value is -3.70. The van der Waals surface area contributed by atoms with Crippen molar-refractivity contribution in [1.82, 2.24) is 0 Å². The van der Waals surface area contributed by atoms with Gasteiger partial charge >= 0.3 is 0 Å². The van der Waals surface area contributed by atoms with E-state index in [0.29, 0.717) is 22.2 Å². The van der Waals surface area contributed by atoms with Crippen molar-refractivity contribution < 1.29 is 14.4 Å². The number of hydrogen-bond acceptors (Lipinski definition) is 4. The van der Waals surface area contributed by atoms with Gasteiger partial charge in [0.2, 0.25) is 5.91 Å². The number of Topliss-reactive ketones (excluding diaryl/α,β-unsaturated/α-hetero) is 2. The Morgan fingerprint density at radius 3 is 2.41 bits per heavy atom. The summed E-state index contributed by atoms with van der Waals surface area (Å²) in [5.41, 5.74) is 2.67. The Balaban J connectivity index is 1.62. The lowest BCUT2D eigenvalue weighted by molar-refractivity contribution is -0.128. The van der Waals surface area contributed by atoms with E-state index in [-0.39, 0.29) is 17.5 Å². The molecule has 41 heavy (non-hydrogen) atoms. The summed E-state index contributed by atoms with van der Waals surface area (Å²) in [6.07, 6.45) is 4.84. The van der Waals surface area contributed by atoms with Crippen molar-refractivity contribution in [2.75, 3.05) is 10.2 Å². The maximum absolute atomic E-state index is 14.8. The molecule has 0 aliphatic carbocycles. The number of rotatable bonds is 5. The van der Waals surface area contributed by atoms with Gasteiger partial charge in [0.1, 0.15) is 11.5 Å². The molecule has 4 atom stereocenters. The molecule has 3 heterocycles. The molecule has 0 unspecified atom stereocenters. The highest BCUT2D eigenvalue weighted by Crippen LogP contribution is 2.58. The number of amides is 1. The van der Waals surface area contributed by atoms with Gasteiger partial charge in [-0.1, -0.05) is 101 Å². The fraction of sp³-hybridized carbons (Fsp3) is 0.343. The van der Waals surface area contributed by atoms with Gasteiger partial charge in [0.15, 0.2) is 11.6 Å². The van der Waals surface area contributed by atoms with Gasteiger partial charge < -0.3 is 10.2 Å². The van der Waals surface area contributed by atoms with Crippen molar-refractivity contribution in [3.05, 3.63) is 100 Å². The largest absolute Gasteiger partial charge is 0.352 e. The lowest BCUT2D eigenvalue weighted by atomic mass is 9.63. The number of benzene rings is 3. The fourth-order valence-corrected chi connectivity index (χ4v) is 7.23. The zero-order valence-corrected chi connectivity index (χ0v) is 24.8. The standard InChI is InChI=1S/C35H35ClN2O3/c1-20(2)18-21-10-12-22(13-11-21)31(39)29-30(32(40)34(3,4)5)38-27-16-15-24(36)19-23(27)14-17-28(38)35(29)25-8-6-7-9-26(25)37-33(35)41/h6-17,19-20,28-30H,18H2,1-5H3,(H,37,41)/t28-,29+,30-,35-/m1/s1. The Labute approximate surface area is 246 Å². The summed E-state index contributed by atoms with van der Waals surface area (Å²) >= 11 is 6.37. The maximum atomic E-state index is 14.8. The number of halogens is 1. The highest BCUT2D eigenvalue weighted by atomic mass is 35.5. The van der Waals surface area contributed by atoms with Gasteiger partial charge in [0.25, 0.3) is 0 Å². The van der Waals surface area contributed by atoms with Crippen LogP contribution in [0.3, 0.4) is 0 Å². The van der Waals surface area contributed by atoms with Gasteiger partial charge in [-0.25, -0.2) is 0 Å². The van der Waals surface area contributed by atoms with Crippen molar-refractivity contribution in [2.24, 2.45) is 17.3 Å². The summed E-state index contributed by atoms with van der Waals surface area (Å²) < 4.78 is 0. The van der Waals surface area contributed by atoms with Crippen LogP contribution in [0.5, 0.6) is 0 Å². The van der Waals surface area contributed by atoms with Crippen LogP contribution in [0.15, 0.2) is 72.8 Å². The lowest BCUT2D eigenvalue weighted by Crippen LogP contribution is -2.51. The number of anilines is 2. The molecule has 6 rings (SSSR count). The molecular weight excluding hydrogens is 532 g/mol. The van der Waals surface area contributed by atoms with E-state index in [9.17, 15) is 14.4 Å². The topological polar surface area (TPSA) is 66.5 Å². The summed E-state index contributed by atoms with van der Waals surface area (Å²) in [6, 6.07) is 19.4. The Morgan fingerprint density at radius 1 is 1.02 bits per heavy atom. The van der Waals surface area contributed by atoms with Gasteiger partial charge in [0.05, 0.1) is 12.0 Å². The van der Waals surface area contributed by atoms with E-state index in [0.717, 1.165) is 28.8 Å². The number of ketones is 2. The third-order valence-electron chi connectivity index (χ3n) is 8.77. The van der Waals surface area contributed by atoms with Crippen LogP contribution in [0, 0.1) is 17.3 Å². The second-order valence-electron chi connectivity index (χ2n) is 13.0. The molecule has 3 aromatic carbocycles. The zero-order valence-electron chi connectivity index (χ0n) is 24.1. The van der Waals surface area contributed by atoms with Gasteiger partial charge in [0, 0.05) is 27.4 Å². The van der Waals surface area contributed by atoms with Crippen LogP contribution in [0.1, 0.15) is 61.7 Å². The predicted octanol–water partition coefficient (Wildman–Crippen LogP) is 7.13. The molecular formula is C35H35ClN2O3. The smallest absolute Gasteiger partial charge is 0.238 e. The Kier molecular flexibility index (Phi) is 6.50. The molecule has 5 nitrogen and oxygen atoms in total. The zero-order chi connectivity index (χ0) is 29.3. The summed E-state index contributed by atoms with van der Waals surface area (Å²) in [4.78, 5) is 45.7. The highest BCUT2D eigenvalue weighted by molar-refractivity contribution is 6.31. The number of nitrogens with one attached hydrogen (secondary N) is 1. The van der Waals surface area contributed by atoms with Gasteiger partial charge in [-0.2, -0.15) is 0 Å². The minimum Gasteiger partial charge on any atom is -0.352 e. The first-order valence-electron chi connectivity index (χ1n) is 14.3. The van der Waals surface area contributed by atoms with E-state index in [2.05, 4.69) is 19.2 Å². The number of hydrogen-bond donors (Lipinski definition) is 1. The molecule has 3 aliphatic heterocycles. The van der Waals surface area contributed by atoms with Crippen molar-refractivity contribution in [2.45, 2.75) is 58.5 Å². The van der Waals surface area contributed by atoms with Gasteiger partial charge in [-0.3, -0.25) is 14.4 Å². The Bertz CT molecular complexity index is 1600. The van der Waals surface area contributed by atoms with Crippen LogP contribution >= 0.6 is 11.6 Å². The summed E-state index contributed by atoms with van der Waals surface area (Å²) in [5, 5.41) is 3.66.